The van der Waals surface area contributed by atoms with Crippen LogP contribution in [-0.4, -0.2) is 56.0 Å². The van der Waals surface area contributed by atoms with Crippen molar-refractivity contribution in [2.75, 3.05) is 33.8 Å². The van der Waals surface area contributed by atoms with Gasteiger partial charge in [0.15, 0.2) is 0 Å². The van der Waals surface area contributed by atoms with E-state index in [-0.39, 0.29) is 17.9 Å². The molecule has 0 aliphatic rings. The number of ether oxygens (including phenoxy) is 1. The second-order valence-corrected chi connectivity index (χ2v) is 3.56. The largest absolute Gasteiger partial charge is 0.512 e. The van der Waals surface area contributed by atoms with Crippen LogP contribution < -0.4 is 0 Å². The lowest BCUT2D eigenvalue weighted by Gasteiger charge is -2.06. The highest BCUT2D eigenvalue weighted by Crippen LogP contribution is 2.01. The summed E-state index contributed by atoms with van der Waals surface area (Å²) in [6.07, 6.45) is 1.36. The summed E-state index contributed by atoms with van der Waals surface area (Å²) in [5.74, 6) is -0.622. The van der Waals surface area contributed by atoms with Gasteiger partial charge in [-0.1, -0.05) is 0 Å². The molecule has 0 bridgehead atoms. The molecule has 0 heterocycles. The van der Waals surface area contributed by atoms with E-state index in [2.05, 4.69) is 4.99 Å². The highest BCUT2D eigenvalue weighted by molar-refractivity contribution is 6.09. The zero-order valence-electron chi connectivity index (χ0n) is 10.4. The summed E-state index contributed by atoms with van der Waals surface area (Å²) >= 11 is 0. The summed E-state index contributed by atoms with van der Waals surface area (Å²) in [5.41, 5.74) is 0.112. The van der Waals surface area contributed by atoms with E-state index in [1.165, 1.54) is 13.1 Å². The van der Waals surface area contributed by atoms with E-state index in [0.29, 0.717) is 6.54 Å². The molecule has 0 saturated carbocycles. The molecule has 16 heavy (non-hydrogen) atoms. The van der Waals surface area contributed by atoms with E-state index in [1.54, 1.807) is 6.92 Å². The van der Waals surface area contributed by atoms with Crippen molar-refractivity contribution in [1.29, 1.82) is 0 Å². The van der Waals surface area contributed by atoms with Crippen molar-refractivity contribution in [2.24, 2.45) is 4.99 Å². The number of likely N-dealkylation sites (N-methyl/N-ethyl adjacent to an activating group) is 1. The molecule has 0 saturated heterocycles. The number of carbonyl (C=O) groups is 1. The third kappa shape index (κ3) is 6.19. The zero-order valence-corrected chi connectivity index (χ0v) is 10.4. The van der Waals surface area contributed by atoms with Gasteiger partial charge in [0.2, 0.25) is 0 Å². The van der Waals surface area contributed by atoms with Gasteiger partial charge in [-0.15, -0.1) is 0 Å². The second kappa shape index (κ2) is 7.87. The summed E-state index contributed by atoms with van der Waals surface area (Å²) in [5, 5.41) is 9.29. The van der Waals surface area contributed by atoms with E-state index >= 15 is 0 Å². The Bertz CT molecular complexity index is 279. The molecule has 0 aromatic rings. The minimum absolute atomic E-state index is 0.0768. The maximum Gasteiger partial charge on any atom is 0.343 e. The van der Waals surface area contributed by atoms with Crippen molar-refractivity contribution >= 4 is 12.2 Å². The van der Waals surface area contributed by atoms with Gasteiger partial charge in [-0.2, -0.15) is 0 Å². The fraction of sp³-hybridized carbons (Fsp3) is 0.636. The summed E-state index contributed by atoms with van der Waals surface area (Å²) in [7, 11) is 3.88. The molecule has 0 amide bonds. The Labute approximate surface area is 96.4 Å². The average molecular weight is 228 g/mol. The number of allylic oxidation sites excluding steroid dienone is 1. The van der Waals surface area contributed by atoms with Gasteiger partial charge in [0.1, 0.15) is 11.3 Å². The van der Waals surface area contributed by atoms with Gasteiger partial charge in [-0.3, -0.25) is 4.99 Å². The number of nitrogens with zero attached hydrogens (tertiary/aromatic N) is 2. The Morgan fingerprint density at radius 3 is 2.56 bits per heavy atom. The van der Waals surface area contributed by atoms with Gasteiger partial charge < -0.3 is 14.7 Å². The molecule has 0 aromatic heterocycles. The van der Waals surface area contributed by atoms with Crippen LogP contribution in [0.2, 0.25) is 0 Å². The van der Waals surface area contributed by atoms with Crippen LogP contribution in [0.5, 0.6) is 0 Å². The molecule has 0 aliphatic heterocycles. The third-order valence-electron chi connectivity index (χ3n) is 1.78. The molecule has 0 unspecified atom stereocenters. The summed E-state index contributed by atoms with van der Waals surface area (Å²) in [6.45, 7) is 4.79. The normalized spacial score (nSPS) is 13.1. The van der Waals surface area contributed by atoms with Crippen LogP contribution >= 0.6 is 0 Å². The standard InChI is InChI=1S/C11H20N2O3/c1-5-16-11(15)10(9(2)14)8-12-6-7-13(3)4/h8,14H,5-7H2,1-4H3. The molecule has 1 N–H and O–H groups in total. The Morgan fingerprint density at radius 1 is 1.50 bits per heavy atom. The number of hydrogen-bond acceptors (Lipinski definition) is 5. The molecule has 0 atom stereocenters. The van der Waals surface area contributed by atoms with Crippen LogP contribution in [-0.2, 0) is 9.53 Å². The lowest BCUT2D eigenvalue weighted by Crippen LogP contribution is -2.16. The fourth-order valence-corrected chi connectivity index (χ4v) is 0.916. The van der Waals surface area contributed by atoms with Crippen LogP contribution in [0.15, 0.2) is 16.3 Å². The Balaban J connectivity index is 4.37. The minimum Gasteiger partial charge on any atom is -0.512 e. The predicted molar refractivity (Wildman–Crippen MR) is 63.9 cm³/mol. The van der Waals surface area contributed by atoms with Crippen LogP contribution in [0, 0.1) is 0 Å². The SMILES string of the molecule is CCOC(=O)C(C=NCCN(C)C)=C(C)O. The first-order valence-electron chi connectivity index (χ1n) is 5.20. The monoisotopic (exact) mass is 228 g/mol. The summed E-state index contributed by atoms with van der Waals surface area (Å²) in [6, 6.07) is 0. The van der Waals surface area contributed by atoms with Crippen LogP contribution in [0.4, 0.5) is 0 Å². The number of aliphatic hydroxyl groups is 1. The van der Waals surface area contributed by atoms with Gasteiger partial charge in [0, 0.05) is 12.8 Å². The van der Waals surface area contributed by atoms with Gasteiger partial charge >= 0.3 is 5.97 Å². The molecular weight excluding hydrogens is 208 g/mol. The summed E-state index contributed by atoms with van der Waals surface area (Å²) < 4.78 is 4.78. The summed E-state index contributed by atoms with van der Waals surface area (Å²) in [4.78, 5) is 17.4. The van der Waals surface area contributed by atoms with Crippen LogP contribution in [0.25, 0.3) is 0 Å². The van der Waals surface area contributed by atoms with E-state index < -0.39 is 5.97 Å². The Hall–Kier alpha value is -1.36. The highest BCUT2D eigenvalue weighted by atomic mass is 16.5. The van der Waals surface area contributed by atoms with E-state index in [0.717, 1.165) is 6.54 Å². The molecule has 0 aliphatic carbocycles. The zero-order chi connectivity index (χ0) is 12.6. The second-order valence-electron chi connectivity index (χ2n) is 3.56. The predicted octanol–water partition coefficient (Wildman–Crippen LogP) is 1.01. The maximum absolute atomic E-state index is 11.4. The van der Waals surface area contributed by atoms with Crippen molar-refractivity contribution in [1.82, 2.24) is 4.90 Å². The van der Waals surface area contributed by atoms with Gasteiger partial charge in [-0.25, -0.2) is 4.79 Å². The smallest absolute Gasteiger partial charge is 0.343 e. The molecular formula is C11H20N2O3. The fourth-order valence-electron chi connectivity index (χ4n) is 0.916. The highest BCUT2D eigenvalue weighted by Gasteiger charge is 2.11. The number of esters is 1. The lowest BCUT2D eigenvalue weighted by atomic mass is 10.2. The molecule has 0 spiro atoms. The molecule has 5 heteroatoms. The van der Waals surface area contributed by atoms with Crippen molar-refractivity contribution in [3.05, 3.63) is 11.3 Å². The number of aliphatic imine (C=N–C) groups is 1. The lowest BCUT2D eigenvalue weighted by molar-refractivity contribution is -0.138. The first-order chi connectivity index (χ1) is 7.49. The number of aliphatic hydroxyl groups excluding tert-OH is 1. The molecule has 5 nitrogen and oxygen atoms in total. The minimum atomic E-state index is -0.545. The van der Waals surface area contributed by atoms with Crippen molar-refractivity contribution < 1.29 is 14.6 Å². The quantitative estimate of drug-likeness (QED) is 0.319. The third-order valence-corrected chi connectivity index (χ3v) is 1.78. The molecule has 0 radical (unpaired) electrons. The van der Waals surface area contributed by atoms with Crippen molar-refractivity contribution in [3.8, 4) is 0 Å². The average Bonchev–Trinajstić information content (AvgIpc) is 2.16. The maximum atomic E-state index is 11.4. The Kier molecular flexibility index (Phi) is 7.20. The van der Waals surface area contributed by atoms with Crippen molar-refractivity contribution in [2.45, 2.75) is 13.8 Å². The van der Waals surface area contributed by atoms with Gasteiger partial charge in [0.05, 0.1) is 13.2 Å². The first-order valence-corrected chi connectivity index (χ1v) is 5.20. The molecule has 0 rings (SSSR count). The Morgan fingerprint density at radius 2 is 2.12 bits per heavy atom. The van der Waals surface area contributed by atoms with E-state index in [9.17, 15) is 9.90 Å². The molecule has 0 fully saturated rings. The van der Waals surface area contributed by atoms with E-state index in [1.807, 2.05) is 19.0 Å². The molecule has 92 valence electrons. The van der Waals surface area contributed by atoms with Crippen molar-refractivity contribution in [3.63, 3.8) is 0 Å². The van der Waals surface area contributed by atoms with Crippen LogP contribution in [0.1, 0.15) is 13.8 Å². The first kappa shape index (κ1) is 14.6. The number of hydrogen-bond donors (Lipinski definition) is 1. The molecule has 0 aromatic carbocycles. The van der Waals surface area contributed by atoms with Gasteiger partial charge in [-0.05, 0) is 27.9 Å². The van der Waals surface area contributed by atoms with Gasteiger partial charge in [0.25, 0.3) is 0 Å². The van der Waals surface area contributed by atoms with Crippen LogP contribution in [0.3, 0.4) is 0 Å². The van der Waals surface area contributed by atoms with E-state index in [4.69, 9.17) is 4.74 Å². The topological polar surface area (TPSA) is 62.1 Å². The number of rotatable bonds is 6. The number of carbonyl (C=O) groups excluding carboxylic acids is 1.